The van der Waals surface area contributed by atoms with Crippen molar-refractivity contribution >= 4 is 41.8 Å². The van der Waals surface area contributed by atoms with E-state index in [4.69, 9.17) is 10.7 Å². The molecule has 2 N–H and O–H groups in total. The maximum absolute atomic E-state index is 13.2. The zero-order valence-electron chi connectivity index (χ0n) is 18.9. The Labute approximate surface area is 199 Å². The van der Waals surface area contributed by atoms with Crippen LogP contribution >= 0.6 is 24.8 Å². The Balaban J connectivity index is 0.00000171. The highest BCUT2D eigenvalue weighted by Crippen LogP contribution is 2.39. The number of aromatic nitrogens is 2. The van der Waals surface area contributed by atoms with Crippen LogP contribution in [-0.2, 0) is 4.79 Å². The number of amides is 1. The van der Waals surface area contributed by atoms with Crippen LogP contribution in [0.4, 0.5) is 0 Å². The Morgan fingerprint density at radius 1 is 1.16 bits per heavy atom. The zero-order valence-corrected chi connectivity index (χ0v) is 20.5. The number of carbonyl (C=O) groups excluding carboxylic acids is 1. The van der Waals surface area contributed by atoms with Crippen molar-refractivity contribution in [3.63, 3.8) is 0 Å². The molecule has 1 amide bonds. The molecule has 0 radical (unpaired) electrons. The van der Waals surface area contributed by atoms with E-state index < -0.39 is 0 Å². The van der Waals surface area contributed by atoms with E-state index in [1.54, 1.807) is 0 Å². The van der Waals surface area contributed by atoms with Crippen LogP contribution in [0.1, 0.15) is 83.0 Å². The molecule has 1 saturated carbocycles. The number of nitrogens with zero attached hydrogens (tertiary/aromatic N) is 3. The molecule has 2 heterocycles. The first-order chi connectivity index (χ1) is 14.0. The molecule has 174 valence electrons. The molecule has 0 bridgehead atoms. The summed E-state index contributed by atoms with van der Waals surface area (Å²) >= 11 is 0. The van der Waals surface area contributed by atoms with Gasteiger partial charge in [0.2, 0.25) is 5.91 Å². The van der Waals surface area contributed by atoms with Crippen LogP contribution in [0.2, 0.25) is 0 Å². The summed E-state index contributed by atoms with van der Waals surface area (Å²) in [6.07, 6.45) is 8.70. The number of hydrogen-bond acceptors (Lipinski definition) is 3. The summed E-state index contributed by atoms with van der Waals surface area (Å²) in [5, 5.41) is 0. The number of halogens is 2. The first-order valence-electron chi connectivity index (χ1n) is 11.5. The molecule has 1 aromatic heterocycles. The van der Waals surface area contributed by atoms with E-state index in [0.717, 1.165) is 50.1 Å². The van der Waals surface area contributed by atoms with E-state index in [2.05, 4.69) is 47.6 Å². The second-order valence-corrected chi connectivity index (χ2v) is 9.54. The second-order valence-electron chi connectivity index (χ2n) is 9.54. The molecule has 1 aromatic carbocycles. The van der Waals surface area contributed by atoms with Crippen molar-refractivity contribution in [2.24, 2.45) is 11.1 Å². The lowest BCUT2D eigenvalue weighted by Crippen LogP contribution is -2.44. The molecule has 31 heavy (non-hydrogen) atoms. The fraction of sp³-hybridized carbons (Fsp3) is 0.667. The number of nitrogens with two attached hydrogens (primary N) is 1. The van der Waals surface area contributed by atoms with Gasteiger partial charge in [0.1, 0.15) is 5.82 Å². The molecule has 2 fully saturated rings. The van der Waals surface area contributed by atoms with Gasteiger partial charge < -0.3 is 15.2 Å². The third-order valence-electron chi connectivity index (χ3n) is 7.15. The summed E-state index contributed by atoms with van der Waals surface area (Å²) in [6.45, 7) is 6.74. The fourth-order valence-electron chi connectivity index (χ4n) is 5.50. The summed E-state index contributed by atoms with van der Waals surface area (Å²) in [5.74, 6) is 1.75. The monoisotopic (exact) mass is 468 g/mol. The molecule has 5 nitrogen and oxygen atoms in total. The molecule has 1 saturated heterocycles. The molecular weight excluding hydrogens is 431 g/mol. The second kappa shape index (κ2) is 11.0. The Morgan fingerprint density at radius 3 is 2.55 bits per heavy atom. The van der Waals surface area contributed by atoms with Gasteiger partial charge in [0, 0.05) is 31.5 Å². The molecule has 1 atom stereocenters. The molecule has 1 aliphatic carbocycles. The maximum atomic E-state index is 13.2. The molecule has 4 rings (SSSR count). The Morgan fingerprint density at radius 2 is 1.87 bits per heavy atom. The van der Waals surface area contributed by atoms with Crippen molar-refractivity contribution in [1.82, 2.24) is 14.5 Å². The van der Waals surface area contributed by atoms with Gasteiger partial charge in [-0.3, -0.25) is 4.79 Å². The predicted molar refractivity (Wildman–Crippen MR) is 132 cm³/mol. The number of likely N-dealkylation sites (tertiary alicyclic amines) is 1. The summed E-state index contributed by atoms with van der Waals surface area (Å²) in [6, 6.07) is 8.74. The van der Waals surface area contributed by atoms with E-state index >= 15 is 0 Å². The van der Waals surface area contributed by atoms with Gasteiger partial charge in [-0.1, -0.05) is 31.4 Å². The lowest BCUT2D eigenvalue weighted by molar-refractivity contribution is -0.135. The average molecular weight is 470 g/mol. The minimum absolute atomic E-state index is 0. The topological polar surface area (TPSA) is 64.2 Å². The molecule has 2 aromatic rings. The van der Waals surface area contributed by atoms with Crippen molar-refractivity contribution in [1.29, 1.82) is 0 Å². The number of para-hydroxylation sites is 2. The number of imidazole rings is 1. The van der Waals surface area contributed by atoms with Gasteiger partial charge in [-0.2, -0.15) is 0 Å². The number of benzene rings is 1. The summed E-state index contributed by atoms with van der Waals surface area (Å²) in [7, 11) is 0. The largest absolute Gasteiger partial charge is 0.342 e. The minimum atomic E-state index is 0. The number of piperidine rings is 1. The van der Waals surface area contributed by atoms with Crippen LogP contribution in [0.15, 0.2) is 24.3 Å². The molecule has 7 heteroatoms. The minimum Gasteiger partial charge on any atom is -0.342 e. The van der Waals surface area contributed by atoms with Crippen LogP contribution in [0.3, 0.4) is 0 Å². The molecule has 1 unspecified atom stereocenters. The Kier molecular flexibility index (Phi) is 9.23. The molecular formula is C24H38Cl2N4O. The van der Waals surface area contributed by atoms with Crippen LogP contribution in [0.5, 0.6) is 0 Å². The van der Waals surface area contributed by atoms with Gasteiger partial charge in [0.15, 0.2) is 0 Å². The SMILES string of the molecule is CC(C)n1c(C2CCCN(C(=O)CC3(CN)CCCCC3)C2)nc2ccccc21.Cl.Cl. The predicted octanol–water partition coefficient (Wildman–Crippen LogP) is 5.47. The molecule has 2 aliphatic rings. The quantitative estimate of drug-likeness (QED) is 0.632. The van der Waals surface area contributed by atoms with E-state index in [1.807, 2.05) is 0 Å². The van der Waals surface area contributed by atoms with Gasteiger partial charge >= 0.3 is 0 Å². The van der Waals surface area contributed by atoms with Crippen LogP contribution < -0.4 is 5.73 Å². The highest BCUT2D eigenvalue weighted by molar-refractivity contribution is 5.85. The fourth-order valence-corrected chi connectivity index (χ4v) is 5.50. The first-order valence-corrected chi connectivity index (χ1v) is 11.5. The maximum Gasteiger partial charge on any atom is 0.223 e. The third-order valence-corrected chi connectivity index (χ3v) is 7.15. The lowest BCUT2D eigenvalue weighted by atomic mass is 9.71. The van der Waals surface area contributed by atoms with E-state index in [9.17, 15) is 4.79 Å². The normalized spacial score (nSPS) is 20.9. The highest BCUT2D eigenvalue weighted by Gasteiger charge is 2.36. The van der Waals surface area contributed by atoms with Crippen molar-refractivity contribution < 1.29 is 4.79 Å². The number of hydrogen-bond donors (Lipinski definition) is 1. The van der Waals surface area contributed by atoms with Crippen molar-refractivity contribution in [3.8, 4) is 0 Å². The van der Waals surface area contributed by atoms with Crippen molar-refractivity contribution in [3.05, 3.63) is 30.1 Å². The smallest absolute Gasteiger partial charge is 0.223 e. The van der Waals surface area contributed by atoms with Crippen LogP contribution in [0.25, 0.3) is 11.0 Å². The van der Waals surface area contributed by atoms with Gasteiger partial charge in [0.05, 0.1) is 11.0 Å². The van der Waals surface area contributed by atoms with E-state index in [0.29, 0.717) is 30.8 Å². The average Bonchev–Trinajstić information content (AvgIpc) is 3.14. The van der Waals surface area contributed by atoms with Crippen molar-refractivity contribution in [2.45, 2.75) is 77.2 Å². The van der Waals surface area contributed by atoms with Crippen LogP contribution in [0, 0.1) is 5.41 Å². The van der Waals surface area contributed by atoms with Gasteiger partial charge in [0.25, 0.3) is 0 Å². The van der Waals surface area contributed by atoms with Crippen molar-refractivity contribution in [2.75, 3.05) is 19.6 Å². The zero-order chi connectivity index (χ0) is 20.4. The first kappa shape index (κ1) is 26.0. The number of rotatable bonds is 5. The number of carbonyl (C=O) groups is 1. The van der Waals surface area contributed by atoms with Gasteiger partial charge in [-0.15, -0.1) is 24.8 Å². The third kappa shape index (κ3) is 5.37. The summed E-state index contributed by atoms with van der Waals surface area (Å²) in [4.78, 5) is 20.3. The summed E-state index contributed by atoms with van der Waals surface area (Å²) in [5.41, 5.74) is 8.44. The van der Waals surface area contributed by atoms with Crippen LogP contribution in [-0.4, -0.2) is 40.0 Å². The summed E-state index contributed by atoms with van der Waals surface area (Å²) < 4.78 is 2.37. The number of fused-ring (bicyclic) bond motifs is 1. The van der Waals surface area contributed by atoms with Gasteiger partial charge in [-0.25, -0.2) is 4.98 Å². The lowest BCUT2D eigenvalue weighted by Gasteiger charge is -2.39. The van der Waals surface area contributed by atoms with E-state index in [1.165, 1.54) is 24.8 Å². The molecule has 0 spiro atoms. The highest BCUT2D eigenvalue weighted by atomic mass is 35.5. The molecule has 1 aliphatic heterocycles. The Hall–Kier alpha value is -1.30. The van der Waals surface area contributed by atoms with E-state index in [-0.39, 0.29) is 30.2 Å². The standard InChI is InChI=1S/C24H36N4O.2ClH/c1-18(2)28-21-11-5-4-10-20(21)26-23(28)19-9-8-14-27(16-19)22(29)15-24(17-25)12-6-3-7-13-24;;/h4-5,10-11,18-19H,3,6-9,12-17,25H2,1-2H3;2*1H. The Bertz CT molecular complexity index is 860. The van der Waals surface area contributed by atoms with Gasteiger partial charge in [-0.05, 0) is 63.6 Å².